The Bertz CT molecular complexity index is 556. The summed E-state index contributed by atoms with van der Waals surface area (Å²) in [5, 5.41) is 7.63. The molecule has 108 valence electrons. The first-order valence-corrected chi connectivity index (χ1v) is 7.43. The molecule has 0 unspecified atom stereocenters. The van der Waals surface area contributed by atoms with Crippen molar-refractivity contribution in [1.82, 2.24) is 20.1 Å². The first-order valence-electron chi connectivity index (χ1n) is 6.64. The Kier molecular flexibility index (Phi) is 5.55. The van der Waals surface area contributed by atoms with Gasteiger partial charge in [0.15, 0.2) is 0 Å². The van der Waals surface area contributed by atoms with Gasteiger partial charge in [0.1, 0.15) is 17.9 Å². The molecule has 0 spiro atoms. The van der Waals surface area contributed by atoms with E-state index < -0.39 is 0 Å². The van der Waals surface area contributed by atoms with Crippen molar-refractivity contribution in [1.29, 1.82) is 0 Å². The van der Waals surface area contributed by atoms with Gasteiger partial charge in [-0.25, -0.2) is 9.67 Å². The molecule has 2 aromatic rings. The van der Waals surface area contributed by atoms with Crippen molar-refractivity contribution in [3.05, 3.63) is 40.4 Å². The van der Waals surface area contributed by atoms with Gasteiger partial charge < -0.3 is 10.1 Å². The van der Waals surface area contributed by atoms with E-state index in [-0.39, 0.29) is 0 Å². The van der Waals surface area contributed by atoms with Crippen molar-refractivity contribution in [2.24, 2.45) is 0 Å². The van der Waals surface area contributed by atoms with Crippen molar-refractivity contribution in [3.63, 3.8) is 0 Å². The minimum absolute atomic E-state index is 0.645. The first kappa shape index (κ1) is 15.0. The first-order chi connectivity index (χ1) is 9.74. The third-order valence-electron chi connectivity index (χ3n) is 2.97. The van der Waals surface area contributed by atoms with Gasteiger partial charge in [0, 0.05) is 10.0 Å². The molecule has 0 radical (unpaired) electrons. The van der Waals surface area contributed by atoms with Crippen molar-refractivity contribution >= 4 is 15.9 Å². The van der Waals surface area contributed by atoms with E-state index in [0.29, 0.717) is 6.54 Å². The fraction of sp³-hybridized carbons (Fsp3) is 0.429. The topological polar surface area (TPSA) is 52.0 Å². The molecule has 0 fully saturated rings. The fourth-order valence-corrected chi connectivity index (χ4v) is 2.37. The van der Waals surface area contributed by atoms with E-state index in [9.17, 15) is 0 Å². The molecule has 0 bridgehead atoms. The van der Waals surface area contributed by atoms with E-state index in [1.54, 1.807) is 13.4 Å². The highest BCUT2D eigenvalue weighted by molar-refractivity contribution is 9.10. The lowest BCUT2D eigenvalue weighted by Gasteiger charge is -2.11. The van der Waals surface area contributed by atoms with E-state index in [0.717, 1.165) is 41.1 Å². The van der Waals surface area contributed by atoms with E-state index in [2.05, 4.69) is 38.3 Å². The molecular formula is C14H19BrN4O. The molecule has 20 heavy (non-hydrogen) atoms. The fourth-order valence-electron chi connectivity index (χ4n) is 1.97. The third-order valence-corrected chi connectivity index (χ3v) is 3.46. The van der Waals surface area contributed by atoms with Crippen LogP contribution in [-0.4, -0.2) is 28.4 Å². The van der Waals surface area contributed by atoms with Gasteiger partial charge in [0.2, 0.25) is 0 Å². The van der Waals surface area contributed by atoms with Crippen molar-refractivity contribution in [2.45, 2.75) is 26.4 Å². The number of ether oxygens (including phenoxy) is 1. The highest BCUT2D eigenvalue weighted by atomic mass is 79.9. The van der Waals surface area contributed by atoms with E-state index in [1.165, 1.54) is 0 Å². The molecule has 0 aliphatic heterocycles. The normalized spacial score (nSPS) is 10.8. The molecule has 0 saturated heterocycles. The van der Waals surface area contributed by atoms with Gasteiger partial charge in [-0.05, 0) is 31.2 Å². The lowest BCUT2D eigenvalue weighted by Crippen LogP contribution is -2.18. The van der Waals surface area contributed by atoms with Crippen LogP contribution in [0.5, 0.6) is 5.75 Å². The van der Waals surface area contributed by atoms with Crippen LogP contribution in [-0.2, 0) is 13.1 Å². The zero-order valence-electron chi connectivity index (χ0n) is 11.8. The third kappa shape index (κ3) is 3.80. The van der Waals surface area contributed by atoms with Gasteiger partial charge in [-0.1, -0.05) is 22.9 Å². The van der Waals surface area contributed by atoms with Crippen LogP contribution in [0.4, 0.5) is 0 Å². The van der Waals surface area contributed by atoms with Crippen LogP contribution in [0.2, 0.25) is 0 Å². The molecule has 6 heteroatoms. The Hall–Kier alpha value is -1.40. The van der Waals surface area contributed by atoms with Crippen LogP contribution in [0.25, 0.3) is 0 Å². The monoisotopic (exact) mass is 338 g/mol. The largest absolute Gasteiger partial charge is 0.496 e. The molecule has 0 aliphatic carbocycles. The molecule has 5 nitrogen and oxygen atoms in total. The Morgan fingerprint density at radius 3 is 3.00 bits per heavy atom. The average molecular weight is 339 g/mol. The number of halogens is 1. The van der Waals surface area contributed by atoms with Crippen LogP contribution in [0, 0.1) is 0 Å². The number of benzene rings is 1. The minimum Gasteiger partial charge on any atom is -0.496 e. The van der Waals surface area contributed by atoms with Gasteiger partial charge in [-0.2, -0.15) is 5.10 Å². The predicted molar refractivity (Wildman–Crippen MR) is 81.8 cm³/mol. The standard InChI is InChI=1S/C14H19BrN4O/c1-3-6-16-8-14-17-10-18-19(14)9-11-7-12(15)4-5-13(11)20-2/h4-5,7,10,16H,3,6,8-9H2,1-2H3. The molecule has 0 amide bonds. The number of nitrogens with one attached hydrogen (secondary N) is 1. The van der Waals surface area contributed by atoms with E-state index >= 15 is 0 Å². The Morgan fingerprint density at radius 1 is 1.40 bits per heavy atom. The zero-order valence-corrected chi connectivity index (χ0v) is 13.4. The molecule has 1 aromatic carbocycles. The lowest BCUT2D eigenvalue weighted by atomic mass is 10.2. The molecule has 1 aromatic heterocycles. The maximum Gasteiger partial charge on any atom is 0.141 e. The van der Waals surface area contributed by atoms with Crippen LogP contribution >= 0.6 is 15.9 Å². The Morgan fingerprint density at radius 2 is 2.25 bits per heavy atom. The number of hydrogen-bond acceptors (Lipinski definition) is 4. The number of hydrogen-bond donors (Lipinski definition) is 1. The predicted octanol–water partition coefficient (Wildman–Crippen LogP) is 2.60. The number of methoxy groups -OCH3 is 1. The summed E-state index contributed by atoms with van der Waals surface area (Å²) in [6.07, 6.45) is 2.70. The summed E-state index contributed by atoms with van der Waals surface area (Å²) in [7, 11) is 1.68. The Labute approximate surface area is 127 Å². The molecule has 0 aliphatic rings. The number of aromatic nitrogens is 3. The quantitative estimate of drug-likeness (QED) is 0.788. The van der Waals surface area contributed by atoms with Crippen molar-refractivity contribution in [3.8, 4) is 5.75 Å². The van der Waals surface area contributed by atoms with Crippen molar-refractivity contribution < 1.29 is 4.74 Å². The van der Waals surface area contributed by atoms with Crippen LogP contribution < -0.4 is 10.1 Å². The second kappa shape index (κ2) is 7.40. The van der Waals surface area contributed by atoms with Crippen LogP contribution in [0.15, 0.2) is 29.0 Å². The van der Waals surface area contributed by atoms with Crippen LogP contribution in [0.3, 0.4) is 0 Å². The highest BCUT2D eigenvalue weighted by Gasteiger charge is 2.09. The molecular weight excluding hydrogens is 320 g/mol. The summed E-state index contributed by atoms with van der Waals surface area (Å²) in [4.78, 5) is 4.30. The summed E-state index contributed by atoms with van der Waals surface area (Å²) < 4.78 is 8.31. The summed E-state index contributed by atoms with van der Waals surface area (Å²) in [6, 6.07) is 5.96. The smallest absolute Gasteiger partial charge is 0.141 e. The average Bonchev–Trinajstić information content (AvgIpc) is 2.87. The molecule has 2 rings (SSSR count). The number of rotatable bonds is 7. The number of nitrogens with zero attached hydrogens (tertiary/aromatic N) is 3. The lowest BCUT2D eigenvalue weighted by molar-refractivity contribution is 0.406. The van der Waals surface area contributed by atoms with E-state index in [4.69, 9.17) is 4.74 Å². The van der Waals surface area contributed by atoms with Gasteiger partial charge >= 0.3 is 0 Å². The second-order valence-corrected chi connectivity index (χ2v) is 5.38. The summed E-state index contributed by atoms with van der Waals surface area (Å²) in [5.74, 6) is 1.79. The summed E-state index contributed by atoms with van der Waals surface area (Å²) in [6.45, 7) is 4.49. The maximum absolute atomic E-state index is 5.39. The minimum atomic E-state index is 0.645. The molecule has 0 saturated carbocycles. The highest BCUT2D eigenvalue weighted by Crippen LogP contribution is 2.23. The van der Waals surface area contributed by atoms with E-state index in [1.807, 2.05) is 22.9 Å². The van der Waals surface area contributed by atoms with Gasteiger partial charge in [-0.15, -0.1) is 0 Å². The zero-order chi connectivity index (χ0) is 14.4. The van der Waals surface area contributed by atoms with Gasteiger partial charge in [0.25, 0.3) is 0 Å². The molecule has 1 heterocycles. The molecule has 0 atom stereocenters. The SMILES string of the molecule is CCCNCc1ncnn1Cc1cc(Br)ccc1OC. The van der Waals surface area contributed by atoms with Crippen LogP contribution in [0.1, 0.15) is 24.7 Å². The maximum atomic E-state index is 5.39. The Balaban J connectivity index is 2.14. The van der Waals surface area contributed by atoms with Gasteiger partial charge in [0.05, 0.1) is 20.2 Å². The molecule has 1 N–H and O–H groups in total. The summed E-state index contributed by atoms with van der Waals surface area (Å²) >= 11 is 3.49. The van der Waals surface area contributed by atoms with Gasteiger partial charge in [-0.3, -0.25) is 0 Å². The second-order valence-electron chi connectivity index (χ2n) is 4.47. The van der Waals surface area contributed by atoms with Crippen molar-refractivity contribution in [2.75, 3.05) is 13.7 Å². The summed E-state index contributed by atoms with van der Waals surface area (Å²) in [5.41, 5.74) is 1.07.